The number of anilines is 2. The zero-order valence-corrected chi connectivity index (χ0v) is 15.6. The van der Waals surface area contributed by atoms with Gasteiger partial charge in [0.2, 0.25) is 0 Å². The van der Waals surface area contributed by atoms with Gasteiger partial charge in [-0.1, -0.05) is 0 Å². The quantitative estimate of drug-likeness (QED) is 0.695. The van der Waals surface area contributed by atoms with Crippen LogP contribution in [-0.4, -0.2) is 63.1 Å². The van der Waals surface area contributed by atoms with Crippen molar-refractivity contribution in [2.75, 3.05) is 30.8 Å². The minimum atomic E-state index is -0.872. The van der Waals surface area contributed by atoms with Gasteiger partial charge in [-0.2, -0.15) is 0 Å². The van der Waals surface area contributed by atoms with Crippen molar-refractivity contribution in [3.05, 3.63) is 36.4 Å². The fraction of sp³-hybridized carbons (Fsp3) is 0.316. The number of hydrogen-bond acceptors (Lipinski definition) is 6. The molecule has 2 aromatic heterocycles. The summed E-state index contributed by atoms with van der Waals surface area (Å²) in [5, 5.41) is 14.1. The second-order valence-electron chi connectivity index (χ2n) is 7.33. The number of likely N-dealkylation sites (tertiary alicyclic amines) is 1. The molecule has 9 nitrogen and oxygen atoms in total. The average molecular weight is 398 g/mol. The van der Waals surface area contributed by atoms with Gasteiger partial charge in [-0.15, -0.1) is 5.10 Å². The Labute approximate surface area is 165 Å². The number of carboxylic acid groups (broad SMARTS) is 1. The van der Waals surface area contributed by atoms with Gasteiger partial charge in [-0.05, 0) is 18.6 Å². The zero-order chi connectivity index (χ0) is 20.3. The smallest absolute Gasteiger partial charge is 0.407 e. The lowest BCUT2D eigenvalue weighted by molar-refractivity contribution is 0.137. The monoisotopic (exact) mass is 398 g/mol. The number of rotatable bonds is 3. The predicted octanol–water partition coefficient (Wildman–Crippen LogP) is 2.09. The predicted molar refractivity (Wildman–Crippen MR) is 104 cm³/mol. The number of methoxy groups -OCH3 is 1. The molecule has 5 rings (SSSR count). The third-order valence-corrected chi connectivity index (χ3v) is 5.75. The molecule has 4 heterocycles. The summed E-state index contributed by atoms with van der Waals surface area (Å²) in [7, 11) is 1.40. The molecule has 150 valence electrons. The highest BCUT2D eigenvalue weighted by Crippen LogP contribution is 2.36. The molecule has 2 aliphatic rings. The molecule has 0 spiro atoms. The van der Waals surface area contributed by atoms with E-state index in [2.05, 4.69) is 15.0 Å². The SMILES string of the molecule is COc1cc2c(cc1F)c(N)nn2-c1cncc(N2C[C@@H]3C[C@H]2CN3C(=O)O)c1. The van der Waals surface area contributed by atoms with E-state index in [0.29, 0.717) is 29.7 Å². The zero-order valence-electron chi connectivity index (χ0n) is 15.6. The molecule has 2 saturated heterocycles. The molecule has 0 radical (unpaired) electrons. The van der Waals surface area contributed by atoms with Gasteiger partial charge >= 0.3 is 6.09 Å². The highest BCUT2D eigenvalue weighted by atomic mass is 19.1. The lowest BCUT2D eigenvalue weighted by atomic mass is 10.2. The van der Waals surface area contributed by atoms with E-state index < -0.39 is 11.9 Å². The van der Waals surface area contributed by atoms with Crippen molar-refractivity contribution in [1.82, 2.24) is 19.7 Å². The molecule has 0 aliphatic carbocycles. The summed E-state index contributed by atoms with van der Waals surface area (Å²) in [5.74, 6) is -0.188. The van der Waals surface area contributed by atoms with Crippen LogP contribution in [0.15, 0.2) is 30.6 Å². The minimum absolute atomic E-state index is 0.00503. The van der Waals surface area contributed by atoms with Crippen molar-refractivity contribution in [1.29, 1.82) is 0 Å². The maximum absolute atomic E-state index is 14.1. The summed E-state index contributed by atoms with van der Waals surface area (Å²) >= 11 is 0. The Morgan fingerprint density at radius 1 is 1.24 bits per heavy atom. The van der Waals surface area contributed by atoms with E-state index in [4.69, 9.17) is 10.5 Å². The number of amides is 1. The normalized spacial score (nSPS) is 20.6. The molecule has 2 fully saturated rings. The summed E-state index contributed by atoms with van der Waals surface area (Å²) in [6.07, 6.45) is 3.35. The van der Waals surface area contributed by atoms with Crippen LogP contribution in [0.4, 0.5) is 20.7 Å². The van der Waals surface area contributed by atoms with Gasteiger partial charge in [0.05, 0.1) is 42.4 Å². The summed E-state index contributed by atoms with van der Waals surface area (Å²) in [5.41, 5.74) is 8.17. The van der Waals surface area contributed by atoms with Gasteiger partial charge in [0.15, 0.2) is 17.4 Å². The number of ether oxygens (including phenoxy) is 1. The van der Waals surface area contributed by atoms with E-state index in [9.17, 15) is 14.3 Å². The third-order valence-electron chi connectivity index (χ3n) is 5.75. The van der Waals surface area contributed by atoms with Gasteiger partial charge in [0.25, 0.3) is 0 Å². The fourth-order valence-electron chi connectivity index (χ4n) is 4.40. The third kappa shape index (κ3) is 2.63. The summed E-state index contributed by atoms with van der Waals surface area (Å²) in [6.45, 7) is 1.11. The van der Waals surface area contributed by atoms with Crippen molar-refractivity contribution in [3.63, 3.8) is 0 Å². The molecule has 10 heteroatoms. The molecule has 3 aromatic rings. The maximum Gasteiger partial charge on any atom is 0.407 e. The minimum Gasteiger partial charge on any atom is -0.494 e. The number of fused-ring (bicyclic) bond motifs is 3. The highest BCUT2D eigenvalue weighted by Gasteiger charge is 2.45. The number of aromatic nitrogens is 3. The Balaban J connectivity index is 1.52. The molecule has 3 N–H and O–H groups in total. The van der Waals surface area contributed by atoms with Crippen LogP contribution in [0.5, 0.6) is 5.75 Å². The van der Waals surface area contributed by atoms with Gasteiger partial charge in [0, 0.05) is 30.6 Å². The Bertz CT molecular complexity index is 1130. The molecule has 1 amide bonds. The van der Waals surface area contributed by atoms with Crippen LogP contribution < -0.4 is 15.4 Å². The van der Waals surface area contributed by atoms with Crippen molar-refractivity contribution in [3.8, 4) is 11.4 Å². The summed E-state index contributed by atoms with van der Waals surface area (Å²) < 4.78 is 20.8. The first-order valence-corrected chi connectivity index (χ1v) is 9.19. The number of hydrogen-bond donors (Lipinski definition) is 2. The Morgan fingerprint density at radius 3 is 2.72 bits per heavy atom. The van der Waals surface area contributed by atoms with Gasteiger partial charge < -0.3 is 25.4 Å². The fourth-order valence-corrected chi connectivity index (χ4v) is 4.40. The lowest BCUT2D eigenvalue weighted by Crippen LogP contribution is -2.48. The summed E-state index contributed by atoms with van der Waals surface area (Å²) in [4.78, 5) is 19.3. The van der Waals surface area contributed by atoms with Gasteiger partial charge in [0.1, 0.15) is 0 Å². The first-order valence-electron chi connectivity index (χ1n) is 9.19. The van der Waals surface area contributed by atoms with Crippen molar-refractivity contribution < 1.29 is 19.0 Å². The highest BCUT2D eigenvalue weighted by molar-refractivity contribution is 5.91. The molecule has 2 atom stereocenters. The number of piperazine rings is 1. The van der Waals surface area contributed by atoms with E-state index in [1.54, 1.807) is 23.1 Å². The van der Waals surface area contributed by atoms with Crippen LogP contribution in [-0.2, 0) is 0 Å². The number of nitrogen functional groups attached to an aromatic ring is 1. The topological polar surface area (TPSA) is 110 Å². The van der Waals surface area contributed by atoms with Crippen LogP contribution in [0.1, 0.15) is 6.42 Å². The number of benzene rings is 1. The molecular weight excluding hydrogens is 379 g/mol. The van der Waals surface area contributed by atoms with Crippen molar-refractivity contribution in [2.24, 2.45) is 0 Å². The number of nitrogens with zero attached hydrogens (tertiary/aromatic N) is 5. The van der Waals surface area contributed by atoms with E-state index in [1.165, 1.54) is 18.1 Å². The second-order valence-corrected chi connectivity index (χ2v) is 7.33. The van der Waals surface area contributed by atoms with Gasteiger partial charge in [-0.25, -0.2) is 13.9 Å². The lowest BCUT2D eigenvalue weighted by Gasteiger charge is -2.34. The Kier molecular flexibility index (Phi) is 3.76. The van der Waals surface area contributed by atoms with Crippen molar-refractivity contribution in [2.45, 2.75) is 18.5 Å². The largest absolute Gasteiger partial charge is 0.494 e. The molecular formula is C19H19FN6O3. The van der Waals surface area contributed by atoms with Crippen LogP contribution in [0, 0.1) is 5.82 Å². The van der Waals surface area contributed by atoms with Gasteiger partial charge in [-0.3, -0.25) is 4.98 Å². The number of halogens is 1. The number of carbonyl (C=O) groups is 1. The Hall–Kier alpha value is -3.56. The molecule has 1 aromatic carbocycles. The average Bonchev–Trinajstić information content (AvgIpc) is 3.41. The molecule has 2 aliphatic heterocycles. The van der Waals surface area contributed by atoms with E-state index in [1.807, 2.05) is 6.07 Å². The molecule has 0 saturated carbocycles. The molecule has 2 bridgehead atoms. The van der Waals surface area contributed by atoms with Crippen LogP contribution >= 0.6 is 0 Å². The first-order chi connectivity index (χ1) is 14.0. The number of pyridine rings is 1. The van der Waals surface area contributed by atoms with E-state index in [0.717, 1.165) is 12.1 Å². The maximum atomic E-state index is 14.1. The molecule has 0 unspecified atom stereocenters. The summed E-state index contributed by atoms with van der Waals surface area (Å²) in [6, 6.07) is 4.92. The number of nitrogens with two attached hydrogens (primary N) is 1. The standard InChI is InChI=1S/C19H19FN6O3/c1-29-17-5-16-14(4-15(17)20)18(21)23-26(16)11-2-10(6-22-7-11)24-8-13-3-12(24)9-25(13)19(27)28/h2,4-7,12-13H,3,8-9H2,1H3,(H2,21,23)(H,27,28)/t12-,13-/m0/s1. The van der Waals surface area contributed by atoms with Crippen LogP contribution in [0.3, 0.4) is 0 Å². The van der Waals surface area contributed by atoms with E-state index >= 15 is 0 Å². The van der Waals surface area contributed by atoms with Crippen LogP contribution in [0.25, 0.3) is 16.6 Å². The van der Waals surface area contributed by atoms with E-state index in [-0.39, 0.29) is 23.7 Å². The van der Waals surface area contributed by atoms with Crippen LogP contribution in [0.2, 0.25) is 0 Å². The Morgan fingerprint density at radius 2 is 2.03 bits per heavy atom. The second kappa shape index (κ2) is 6.23. The van der Waals surface area contributed by atoms with Crippen molar-refractivity contribution >= 4 is 28.5 Å². The first kappa shape index (κ1) is 17.5. The molecule has 29 heavy (non-hydrogen) atoms.